The first kappa shape index (κ1) is 22.6. The predicted octanol–water partition coefficient (Wildman–Crippen LogP) is 3.60. The second kappa shape index (κ2) is 12.7. The van der Waals surface area contributed by atoms with Crippen LogP contribution in [0, 0.1) is 0 Å². The van der Waals surface area contributed by atoms with Crippen LogP contribution in [-0.4, -0.2) is 42.7 Å². The first-order chi connectivity index (χ1) is 14.1. The smallest absolute Gasteiger partial charge is 0.412 e. The molecule has 2 N–H and O–H groups in total. The Hall–Kier alpha value is -2.71. The quantitative estimate of drug-likeness (QED) is 0.293. The van der Waals surface area contributed by atoms with Gasteiger partial charge in [-0.15, -0.1) is 0 Å². The largest absolute Gasteiger partial charge is 0.491 e. The lowest BCUT2D eigenvalue weighted by Crippen LogP contribution is -2.19. The summed E-state index contributed by atoms with van der Waals surface area (Å²) in [5, 5.41) is 11.7. The maximum atomic E-state index is 12.4. The van der Waals surface area contributed by atoms with Crippen molar-refractivity contribution in [2.45, 2.75) is 18.9 Å². The lowest BCUT2D eigenvalue weighted by atomic mass is 10.0. The number of hydrogen-bond donors (Lipinski definition) is 3. The number of rotatable bonds is 11. The Bertz CT molecular complexity index is 771. The molecule has 1 amide bonds. The Balaban J connectivity index is 2.08. The van der Waals surface area contributed by atoms with Gasteiger partial charge in [0, 0.05) is 11.3 Å². The molecule has 0 aliphatic heterocycles. The molecule has 0 radical (unpaired) electrons. The number of carbonyl (C=O) groups is 2. The van der Waals surface area contributed by atoms with E-state index in [1.165, 1.54) is 0 Å². The van der Waals surface area contributed by atoms with Crippen LogP contribution in [0.5, 0.6) is 5.75 Å². The Kier molecular flexibility index (Phi) is 9.88. The van der Waals surface area contributed by atoms with Gasteiger partial charge in [0.1, 0.15) is 18.5 Å². The van der Waals surface area contributed by atoms with Crippen molar-refractivity contribution in [3.05, 3.63) is 60.2 Å². The Labute approximate surface area is 175 Å². The summed E-state index contributed by atoms with van der Waals surface area (Å²) in [7, 11) is 0. The molecule has 0 saturated heterocycles. The van der Waals surface area contributed by atoms with Crippen LogP contribution < -0.4 is 10.1 Å². The molecule has 0 aliphatic carbocycles. The number of amides is 1. The van der Waals surface area contributed by atoms with Gasteiger partial charge in [0.15, 0.2) is 0 Å². The first-order valence-electron chi connectivity index (χ1n) is 9.25. The zero-order chi connectivity index (χ0) is 20.9. The molecule has 0 fully saturated rings. The number of benzene rings is 2. The van der Waals surface area contributed by atoms with Gasteiger partial charge in [0.25, 0.3) is 0 Å². The van der Waals surface area contributed by atoms with E-state index in [2.05, 4.69) is 17.9 Å². The van der Waals surface area contributed by atoms with Crippen LogP contribution in [0.2, 0.25) is 0 Å². The fourth-order valence-corrected chi connectivity index (χ4v) is 2.70. The average molecular weight is 419 g/mol. The zero-order valence-corrected chi connectivity index (χ0v) is 16.8. The topological polar surface area (TPSA) is 94.1 Å². The highest BCUT2D eigenvalue weighted by atomic mass is 32.1. The van der Waals surface area contributed by atoms with E-state index in [1.807, 2.05) is 12.1 Å². The molecule has 0 unspecified atom stereocenters. The Morgan fingerprint density at radius 3 is 2.48 bits per heavy atom. The fraction of sp³-hybridized carbons (Fsp3) is 0.333. The number of aliphatic hydroxyl groups excluding tert-OH is 1. The van der Waals surface area contributed by atoms with Gasteiger partial charge >= 0.3 is 12.1 Å². The minimum atomic E-state index is -0.622. The zero-order valence-electron chi connectivity index (χ0n) is 16.0. The molecule has 0 saturated carbocycles. The maximum Gasteiger partial charge on any atom is 0.412 e. The number of thiol groups is 1. The number of aliphatic hydroxyl groups is 1. The van der Waals surface area contributed by atoms with Crippen LogP contribution in [0.4, 0.5) is 10.5 Å². The predicted molar refractivity (Wildman–Crippen MR) is 112 cm³/mol. The van der Waals surface area contributed by atoms with E-state index in [9.17, 15) is 9.59 Å². The number of hydrogen-bond acceptors (Lipinski definition) is 7. The van der Waals surface area contributed by atoms with Crippen molar-refractivity contribution in [2.75, 3.05) is 30.9 Å². The number of nitrogens with one attached hydrogen (secondary N) is 1. The van der Waals surface area contributed by atoms with Crippen molar-refractivity contribution in [3.8, 4) is 5.75 Å². The van der Waals surface area contributed by atoms with Gasteiger partial charge in [-0.05, 0) is 31.0 Å². The van der Waals surface area contributed by atoms with Crippen LogP contribution in [-0.2, 0) is 14.3 Å². The minimum absolute atomic E-state index is 0.0112. The van der Waals surface area contributed by atoms with Crippen LogP contribution in [0.3, 0.4) is 0 Å². The second-order valence-electron chi connectivity index (χ2n) is 6.02. The summed E-state index contributed by atoms with van der Waals surface area (Å²) in [4.78, 5) is 23.6. The van der Waals surface area contributed by atoms with Crippen molar-refractivity contribution in [1.29, 1.82) is 0 Å². The highest BCUT2D eigenvalue weighted by Crippen LogP contribution is 2.31. The summed E-state index contributed by atoms with van der Waals surface area (Å²) in [6, 6.07) is 16.1. The summed E-state index contributed by atoms with van der Waals surface area (Å²) in [5.41, 5.74) is 1.29. The molecule has 29 heavy (non-hydrogen) atoms. The van der Waals surface area contributed by atoms with E-state index in [4.69, 9.17) is 19.3 Å². The van der Waals surface area contributed by atoms with Crippen molar-refractivity contribution in [1.82, 2.24) is 0 Å². The van der Waals surface area contributed by atoms with E-state index in [1.54, 1.807) is 42.5 Å². The molecule has 0 aliphatic rings. The normalized spacial score (nSPS) is 11.4. The standard InChI is InChI=1S/C21H25NO6S/c23-12-14-26-18-10-5-4-9-17(18)19(11-6-13-27-20(24)15-29)28-21(25)22-16-7-2-1-3-8-16/h1-5,7-10,19,23,29H,6,11-15H2,(H,22,25)/t19-/m1/s1. The third kappa shape index (κ3) is 8.05. The van der Waals surface area contributed by atoms with Gasteiger partial charge in [0.05, 0.1) is 19.0 Å². The number of anilines is 1. The van der Waals surface area contributed by atoms with Crippen molar-refractivity contribution < 1.29 is 28.9 Å². The van der Waals surface area contributed by atoms with Crippen molar-refractivity contribution >= 4 is 30.4 Å². The third-order valence-corrected chi connectivity index (χ3v) is 4.15. The summed E-state index contributed by atoms with van der Waals surface area (Å²) >= 11 is 3.86. The third-order valence-electron chi connectivity index (χ3n) is 3.89. The molecule has 7 nitrogen and oxygen atoms in total. The molecule has 2 aromatic rings. The van der Waals surface area contributed by atoms with Gasteiger partial charge in [0.2, 0.25) is 0 Å². The van der Waals surface area contributed by atoms with Gasteiger partial charge in [-0.2, -0.15) is 12.6 Å². The molecular weight excluding hydrogens is 394 g/mol. The Morgan fingerprint density at radius 2 is 1.76 bits per heavy atom. The molecule has 0 heterocycles. The molecule has 1 atom stereocenters. The van der Waals surface area contributed by atoms with Gasteiger partial charge in [-0.25, -0.2) is 4.79 Å². The Morgan fingerprint density at radius 1 is 1.03 bits per heavy atom. The number of carbonyl (C=O) groups excluding carboxylic acids is 2. The molecule has 0 spiro atoms. The van der Waals surface area contributed by atoms with Crippen molar-refractivity contribution in [3.63, 3.8) is 0 Å². The van der Waals surface area contributed by atoms with Crippen LogP contribution in [0.1, 0.15) is 24.5 Å². The SMILES string of the molecule is O=C(CS)OCCC[C@@H](OC(=O)Nc1ccccc1)c1ccccc1OCCO. The molecule has 0 aromatic heterocycles. The lowest BCUT2D eigenvalue weighted by Gasteiger charge is -2.21. The van der Waals surface area contributed by atoms with Crippen LogP contribution >= 0.6 is 12.6 Å². The van der Waals surface area contributed by atoms with E-state index in [0.29, 0.717) is 29.8 Å². The summed E-state index contributed by atoms with van der Waals surface area (Å²) in [5.74, 6) is 0.128. The highest BCUT2D eigenvalue weighted by Gasteiger charge is 2.21. The van der Waals surface area contributed by atoms with Gasteiger partial charge in [-0.1, -0.05) is 36.4 Å². The van der Waals surface area contributed by atoms with Crippen LogP contribution in [0.15, 0.2) is 54.6 Å². The number of para-hydroxylation sites is 2. The highest BCUT2D eigenvalue weighted by molar-refractivity contribution is 7.81. The number of ether oxygens (including phenoxy) is 3. The fourth-order valence-electron chi connectivity index (χ4n) is 2.61. The molecule has 2 aromatic carbocycles. The van der Waals surface area contributed by atoms with Gasteiger partial charge in [-0.3, -0.25) is 10.1 Å². The first-order valence-corrected chi connectivity index (χ1v) is 9.89. The van der Waals surface area contributed by atoms with E-state index >= 15 is 0 Å². The molecule has 2 rings (SSSR count). The van der Waals surface area contributed by atoms with Gasteiger partial charge < -0.3 is 19.3 Å². The molecule has 0 bridgehead atoms. The molecule has 8 heteroatoms. The molecule has 156 valence electrons. The summed E-state index contributed by atoms with van der Waals surface area (Å²) in [6.07, 6.45) is -0.326. The van der Waals surface area contributed by atoms with Crippen molar-refractivity contribution in [2.24, 2.45) is 0 Å². The van der Waals surface area contributed by atoms with E-state index in [0.717, 1.165) is 0 Å². The maximum absolute atomic E-state index is 12.4. The summed E-state index contributed by atoms with van der Waals surface area (Å²) in [6.45, 7) is 0.187. The number of esters is 1. The summed E-state index contributed by atoms with van der Waals surface area (Å²) < 4.78 is 16.3. The van der Waals surface area contributed by atoms with E-state index in [-0.39, 0.29) is 25.6 Å². The van der Waals surface area contributed by atoms with E-state index < -0.39 is 18.2 Å². The van der Waals surface area contributed by atoms with Crippen LogP contribution in [0.25, 0.3) is 0 Å². The lowest BCUT2D eigenvalue weighted by molar-refractivity contribution is -0.140. The second-order valence-corrected chi connectivity index (χ2v) is 6.33. The molecular formula is C21H25NO6S. The monoisotopic (exact) mass is 419 g/mol. The minimum Gasteiger partial charge on any atom is -0.491 e. The average Bonchev–Trinajstić information content (AvgIpc) is 2.75.